The summed E-state index contributed by atoms with van der Waals surface area (Å²) in [5.41, 5.74) is 8.07. The summed E-state index contributed by atoms with van der Waals surface area (Å²) in [5, 5.41) is 4.27. The number of esters is 1. The average molecular weight is 443 g/mol. The standard InChI is InChI=1S/C28H46N2O2/c1-3-32-25(31)20-6-4-12-27(16-20)21-9-8-19(15-21)24(27)30-17-26(2)11-5-13-28(26)22-10-7-18(14-22)23(28)29/h18-24,30H,3-17,29H2,1-2H3/t18-,19-,20+,21+,22+,23-,24-,26?,27-,28?/m1/s1. The molecule has 0 aromatic rings. The minimum atomic E-state index is 0.0720. The van der Waals surface area contributed by atoms with Crippen LogP contribution in [-0.4, -0.2) is 31.2 Å². The molecular weight excluding hydrogens is 396 g/mol. The highest BCUT2D eigenvalue weighted by Gasteiger charge is 2.66. The summed E-state index contributed by atoms with van der Waals surface area (Å²) >= 11 is 0. The number of carbonyl (C=O) groups is 1. The molecule has 180 valence electrons. The summed E-state index contributed by atoms with van der Waals surface area (Å²) in [6, 6.07) is 1.02. The fraction of sp³-hybridized carbons (Fsp3) is 0.964. The summed E-state index contributed by atoms with van der Waals surface area (Å²) < 4.78 is 5.49. The van der Waals surface area contributed by atoms with Gasteiger partial charge in [-0.05, 0) is 117 Å². The van der Waals surface area contributed by atoms with E-state index in [0.29, 0.717) is 34.9 Å². The molecule has 6 rings (SSSR count). The Morgan fingerprint density at radius 1 is 1.00 bits per heavy atom. The smallest absolute Gasteiger partial charge is 0.308 e. The molecule has 0 aromatic heterocycles. The number of hydrogen-bond donors (Lipinski definition) is 2. The lowest BCUT2D eigenvalue weighted by Crippen LogP contribution is -2.59. The predicted molar refractivity (Wildman–Crippen MR) is 127 cm³/mol. The van der Waals surface area contributed by atoms with Gasteiger partial charge in [0.25, 0.3) is 0 Å². The fourth-order valence-electron chi connectivity index (χ4n) is 11.1. The summed E-state index contributed by atoms with van der Waals surface area (Å²) in [5.74, 6) is 3.49. The lowest BCUT2D eigenvalue weighted by molar-refractivity contribution is -0.152. The van der Waals surface area contributed by atoms with E-state index in [1.165, 1.54) is 70.6 Å². The van der Waals surface area contributed by atoms with E-state index in [1.807, 2.05) is 6.92 Å². The Kier molecular flexibility index (Phi) is 5.27. The topological polar surface area (TPSA) is 64.3 Å². The highest BCUT2D eigenvalue weighted by atomic mass is 16.5. The first-order chi connectivity index (χ1) is 15.4. The number of nitrogens with two attached hydrogens (primary N) is 1. The molecule has 3 N–H and O–H groups in total. The van der Waals surface area contributed by atoms with Gasteiger partial charge in [-0.3, -0.25) is 4.79 Å². The molecule has 2 spiro atoms. The van der Waals surface area contributed by atoms with E-state index in [0.717, 1.165) is 43.1 Å². The van der Waals surface area contributed by atoms with E-state index >= 15 is 0 Å². The van der Waals surface area contributed by atoms with Crippen LogP contribution in [0.15, 0.2) is 0 Å². The van der Waals surface area contributed by atoms with Gasteiger partial charge in [-0.25, -0.2) is 0 Å². The Bertz CT molecular complexity index is 752. The van der Waals surface area contributed by atoms with Crippen LogP contribution in [0.2, 0.25) is 0 Å². The van der Waals surface area contributed by atoms with Crippen molar-refractivity contribution in [3.8, 4) is 0 Å². The SMILES string of the molecule is CCOC(=O)[C@H]1CCC[C@@]2(C1)[C@H]1CC[C@H](C1)[C@H]2NCC1(C)CCCC12[C@H]1CC[C@H](C1)[C@H]2N. The third-order valence-corrected chi connectivity index (χ3v) is 12.3. The van der Waals surface area contributed by atoms with Crippen molar-refractivity contribution >= 4 is 5.97 Å². The van der Waals surface area contributed by atoms with Gasteiger partial charge in [0.1, 0.15) is 0 Å². The van der Waals surface area contributed by atoms with E-state index in [-0.39, 0.29) is 11.9 Å². The first-order valence-electron chi connectivity index (χ1n) is 14.1. The van der Waals surface area contributed by atoms with Crippen LogP contribution in [0.25, 0.3) is 0 Å². The van der Waals surface area contributed by atoms with E-state index in [9.17, 15) is 4.79 Å². The summed E-state index contributed by atoms with van der Waals surface area (Å²) in [7, 11) is 0. The number of carbonyl (C=O) groups excluding carboxylic acids is 1. The summed E-state index contributed by atoms with van der Waals surface area (Å²) in [6.45, 7) is 6.19. The van der Waals surface area contributed by atoms with Crippen LogP contribution in [0.4, 0.5) is 0 Å². The van der Waals surface area contributed by atoms with Crippen molar-refractivity contribution in [1.29, 1.82) is 0 Å². The van der Waals surface area contributed by atoms with Crippen LogP contribution in [0.3, 0.4) is 0 Å². The van der Waals surface area contributed by atoms with Gasteiger partial charge in [0.05, 0.1) is 12.5 Å². The van der Waals surface area contributed by atoms with Gasteiger partial charge in [0.2, 0.25) is 0 Å². The maximum Gasteiger partial charge on any atom is 0.308 e. The minimum Gasteiger partial charge on any atom is -0.466 e. The molecule has 6 aliphatic carbocycles. The Morgan fingerprint density at radius 2 is 1.78 bits per heavy atom. The average Bonchev–Trinajstić information content (AvgIpc) is 3.58. The summed E-state index contributed by atoms with van der Waals surface area (Å²) in [4.78, 5) is 12.7. The molecule has 0 radical (unpaired) electrons. The van der Waals surface area contributed by atoms with Crippen LogP contribution in [0.5, 0.6) is 0 Å². The van der Waals surface area contributed by atoms with Crippen LogP contribution in [-0.2, 0) is 9.53 Å². The van der Waals surface area contributed by atoms with E-state index in [1.54, 1.807) is 0 Å². The number of ether oxygens (including phenoxy) is 1. The Balaban J connectivity index is 1.22. The first kappa shape index (κ1) is 21.9. The zero-order valence-corrected chi connectivity index (χ0v) is 20.5. The zero-order valence-electron chi connectivity index (χ0n) is 20.5. The second kappa shape index (κ2) is 7.70. The second-order valence-corrected chi connectivity index (χ2v) is 13.2. The van der Waals surface area contributed by atoms with Gasteiger partial charge in [-0.15, -0.1) is 0 Å². The summed E-state index contributed by atoms with van der Waals surface area (Å²) in [6.07, 6.45) is 17.0. The molecule has 0 saturated heterocycles. The largest absolute Gasteiger partial charge is 0.466 e. The van der Waals surface area contributed by atoms with Crippen molar-refractivity contribution < 1.29 is 9.53 Å². The number of rotatable bonds is 5. The van der Waals surface area contributed by atoms with Gasteiger partial charge in [-0.1, -0.05) is 19.8 Å². The van der Waals surface area contributed by atoms with Crippen molar-refractivity contribution in [3.63, 3.8) is 0 Å². The minimum absolute atomic E-state index is 0.0720. The van der Waals surface area contributed by atoms with Crippen LogP contribution in [0.1, 0.15) is 97.3 Å². The molecule has 4 nitrogen and oxygen atoms in total. The van der Waals surface area contributed by atoms with Crippen LogP contribution < -0.4 is 11.1 Å². The molecular formula is C28H46N2O2. The van der Waals surface area contributed by atoms with Crippen molar-refractivity contribution in [2.24, 2.45) is 51.6 Å². The molecule has 2 unspecified atom stereocenters. The Hall–Kier alpha value is -0.610. The van der Waals surface area contributed by atoms with Crippen LogP contribution in [0, 0.1) is 45.8 Å². The third kappa shape index (κ3) is 2.84. The molecule has 0 aliphatic heterocycles. The highest BCUT2D eigenvalue weighted by molar-refractivity contribution is 5.72. The quantitative estimate of drug-likeness (QED) is 0.585. The van der Waals surface area contributed by atoms with E-state index < -0.39 is 0 Å². The predicted octanol–water partition coefficient (Wildman–Crippen LogP) is 5.05. The molecule has 4 bridgehead atoms. The number of fused-ring (bicyclic) bond motifs is 6. The van der Waals surface area contributed by atoms with Gasteiger partial charge < -0.3 is 15.8 Å². The molecule has 6 aliphatic rings. The maximum atomic E-state index is 12.7. The zero-order chi connectivity index (χ0) is 22.1. The van der Waals surface area contributed by atoms with Gasteiger partial charge in [-0.2, -0.15) is 0 Å². The number of nitrogens with one attached hydrogen (secondary N) is 1. The normalized spacial score (nSPS) is 53.7. The molecule has 32 heavy (non-hydrogen) atoms. The second-order valence-electron chi connectivity index (χ2n) is 13.2. The first-order valence-corrected chi connectivity index (χ1v) is 14.1. The fourth-order valence-corrected chi connectivity index (χ4v) is 11.1. The van der Waals surface area contributed by atoms with Crippen molar-refractivity contribution in [3.05, 3.63) is 0 Å². The molecule has 6 saturated carbocycles. The Labute approximate surface area is 195 Å². The molecule has 0 amide bonds. The monoisotopic (exact) mass is 442 g/mol. The number of hydrogen-bond acceptors (Lipinski definition) is 4. The van der Waals surface area contributed by atoms with E-state index in [2.05, 4.69) is 12.2 Å². The third-order valence-electron chi connectivity index (χ3n) is 12.3. The van der Waals surface area contributed by atoms with Gasteiger partial charge >= 0.3 is 5.97 Å². The molecule has 6 fully saturated rings. The van der Waals surface area contributed by atoms with Crippen LogP contribution >= 0.6 is 0 Å². The Morgan fingerprint density at radius 3 is 2.56 bits per heavy atom. The molecule has 10 atom stereocenters. The van der Waals surface area contributed by atoms with Crippen molar-refractivity contribution in [2.75, 3.05) is 13.2 Å². The highest BCUT2D eigenvalue weighted by Crippen LogP contribution is 2.69. The molecule has 0 heterocycles. The lowest BCUT2D eigenvalue weighted by Gasteiger charge is -2.53. The van der Waals surface area contributed by atoms with Crippen molar-refractivity contribution in [1.82, 2.24) is 5.32 Å². The van der Waals surface area contributed by atoms with Crippen molar-refractivity contribution in [2.45, 2.75) is 109 Å². The van der Waals surface area contributed by atoms with Gasteiger partial charge in [0.15, 0.2) is 0 Å². The lowest BCUT2D eigenvalue weighted by atomic mass is 9.56. The molecule has 4 heteroatoms. The van der Waals surface area contributed by atoms with Gasteiger partial charge in [0, 0.05) is 18.6 Å². The molecule has 0 aromatic carbocycles. The van der Waals surface area contributed by atoms with E-state index in [4.69, 9.17) is 10.5 Å². The maximum absolute atomic E-state index is 12.7.